The molecule has 0 aliphatic heterocycles. The highest BCUT2D eigenvalue weighted by atomic mass is 19.1. The van der Waals surface area contributed by atoms with Crippen LogP contribution in [-0.4, -0.2) is 18.0 Å². The van der Waals surface area contributed by atoms with Crippen molar-refractivity contribution in [3.8, 4) is 0 Å². The van der Waals surface area contributed by atoms with Crippen LogP contribution in [0.2, 0.25) is 0 Å². The van der Waals surface area contributed by atoms with Gasteiger partial charge < -0.3 is 14.5 Å². The van der Waals surface area contributed by atoms with Crippen LogP contribution >= 0.6 is 0 Å². The van der Waals surface area contributed by atoms with Crippen molar-refractivity contribution in [2.24, 2.45) is 0 Å². The summed E-state index contributed by atoms with van der Waals surface area (Å²) in [5, 5.41) is 2.54. The van der Waals surface area contributed by atoms with E-state index < -0.39 is 23.8 Å². The van der Waals surface area contributed by atoms with E-state index in [2.05, 4.69) is 5.32 Å². The third kappa shape index (κ3) is 3.72. The Bertz CT molecular complexity index is 691. The number of furan rings is 1. The molecule has 22 heavy (non-hydrogen) atoms. The summed E-state index contributed by atoms with van der Waals surface area (Å²) >= 11 is 0. The molecule has 0 aliphatic carbocycles. The normalized spacial score (nSPS) is 11.8. The van der Waals surface area contributed by atoms with Crippen LogP contribution in [0.5, 0.6) is 0 Å². The smallest absolute Gasteiger partial charge is 0.342 e. The molecule has 0 spiro atoms. The molecule has 2 aromatic rings. The number of hydrogen-bond donors (Lipinski definition) is 1. The number of rotatable bonds is 4. The quantitative estimate of drug-likeness (QED) is 0.881. The van der Waals surface area contributed by atoms with Crippen molar-refractivity contribution in [3.05, 3.63) is 53.2 Å². The first-order chi connectivity index (χ1) is 10.4. The van der Waals surface area contributed by atoms with Gasteiger partial charge in [-0.05, 0) is 51.1 Å². The molecule has 1 heterocycles. The molecular weight excluding hydrogens is 289 g/mol. The van der Waals surface area contributed by atoms with Gasteiger partial charge in [0.25, 0.3) is 5.91 Å². The van der Waals surface area contributed by atoms with E-state index in [1.54, 1.807) is 19.9 Å². The van der Waals surface area contributed by atoms with Crippen molar-refractivity contribution in [2.45, 2.75) is 26.9 Å². The second-order valence-corrected chi connectivity index (χ2v) is 4.87. The summed E-state index contributed by atoms with van der Waals surface area (Å²) in [7, 11) is 0. The second-order valence-electron chi connectivity index (χ2n) is 4.87. The van der Waals surface area contributed by atoms with Gasteiger partial charge in [0.05, 0.1) is 0 Å². The van der Waals surface area contributed by atoms with E-state index in [-0.39, 0.29) is 0 Å². The molecule has 0 fully saturated rings. The van der Waals surface area contributed by atoms with Crippen molar-refractivity contribution in [2.75, 3.05) is 5.32 Å². The average molecular weight is 305 g/mol. The molecule has 1 aromatic carbocycles. The monoisotopic (exact) mass is 305 g/mol. The van der Waals surface area contributed by atoms with Crippen molar-refractivity contribution in [1.29, 1.82) is 0 Å². The van der Waals surface area contributed by atoms with Gasteiger partial charge in [0.15, 0.2) is 6.10 Å². The first-order valence-corrected chi connectivity index (χ1v) is 6.71. The van der Waals surface area contributed by atoms with Crippen molar-refractivity contribution >= 4 is 17.6 Å². The number of aryl methyl sites for hydroxylation is 2. The van der Waals surface area contributed by atoms with Crippen molar-refractivity contribution in [3.63, 3.8) is 0 Å². The predicted molar refractivity (Wildman–Crippen MR) is 78.1 cm³/mol. The van der Waals surface area contributed by atoms with Gasteiger partial charge in [0.2, 0.25) is 0 Å². The lowest BCUT2D eigenvalue weighted by Gasteiger charge is -2.13. The SMILES string of the molecule is Cc1cc(C(=O)OC(C)C(=O)Nc2ccc(F)cc2)c(C)o1. The van der Waals surface area contributed by atoms with E-state index in [0.717, 1.165) is 0 Å². The fourth-order valence-electron chi connectivity index (χ4n) is 1.89. The third-order valence-corrected chi connectivity index (χ3v) is 3.03. The number of hydrogen-bond acceptors (Lipinski definition) is 4. The van der Waals surface area contributed by atoms with Gasteiger partial charge in [-0.3, -0.25) is 4.79 Å². The molecule has 0 aliphatic rings. The summed E-state index contributed by atoms with van der Waals surface area (Å²) in [6.45, 7) is 4.82. The Morgan fingerprint density at radius 3 is 2.41 bits per heavy atom. The first kappa shape index (κ1) is 15.8. The van der Waals surface area contributed by atoms with E-state index in [4.69, 9.17) is 9.15 Å². The van der Waals surface area contributed by atoms with E-state index in [9.17, 15) is 14.0 Å². The maximum atomic E-state index is 12.8. The molecule has 0 bridgehead atoms. The van der Waals surface area contributed by atoms with Crippen LogP contribution in [0, 0.1) is 19.7 Å². The molecule has 116 valence electrons. The Morgan fingerprint density at radius 2 is 1.86 bits per heavy atom. The molecule has 1 unspecified atom stereocenters. The van der Waals surface area contributed by atoms with Crippen LogP contribution in [0.1, 0.15) is 28.8 Å². The van der Waals surface area contributed by atoms with Crippen molar-refractivity contribution < 1.29 is 23.1 Å². The van der Waals surface area contributed by atoms with Gasteiger partial charge in [-0.1, -0.05) is 0 Å². The number of esters is 1. The molecule has 6 heteroatoms. The fourth-order valence-corrected chi connectivity index (χ4v) is 1.89. The van der Waals surface area contributed by atoms with Crippen LogP contribution in [0.4, 0.5) is 10.1 Å². The van der Waals surface area contributed by atoms with Crippen LogP contribution in [0.25, 0.3) is 0 Å². The number of anilines is 1. The Labute approximate surface area is 127 Å². The van der Waals surface area contributed by atoms with Gasteiger partial charge in [-0.25, -0.2) is 9.18 Å². The van der Waals surface area contributed by atoms with Gasteiger partial charge in [0, 0.05) is 5.69 Å². The number of nitrogens with one attached hydrogen (secondary N) is 1. The molecule has 0 saturated heterocycles. The van der Waals surface area contributed by atoms with Crippen LogP contribution in [-0.2, 0) is 9.53 Å². The van der Waals surface area contributed by atoms with Crippen LogP contribution in [0.3, 0.4) is 0 Å². The maximum Gasteiger partial charge on any atom is 0.342 e. The number of carbonyl (C=O) groups excluding carboxylic acids is 2. The largest absolute Gasteiger partial charge is 0.466 e. The molecule has 1 aromatic heterocycles. The van der Waals surface area contributed by atoms with Gasteiger partial charge >= 0.3 is 5.97 Å². The summed E-state index contributed by atoms with van der Waals surface area (Å²) in [6, 6.07) is 6.85. The molecule has 0 saturated carbocycles. The summed E-state index contributed by atoms with van der Waals surface area (Å²) in [6.07, 6.45) is -0.993. The van der Waals surface area contributed by atoms with E-state index >= 15 is 0 Å². The molecule has 1 N–H and O–H groups in total. The summed E-state index contributed by atoms with van der Waals surface area (Å²) in [5.41, 5.74) is 0.712. The number of amides is 1. The Kier molecular flexibility index (Phi) is 4.60. The number of halogens is 1. The van der Waals surface area contributed by atoms with Crippen molar-refractivity contribution in [1.82, 2.24) is 0 Å². The molecule has 0 radical (unpaired) electrons. The molecule has 1 amide bonds. The van der Waals surface area contributed by atoms with E-state index in [1.807, 2.05) is 0 Å². The number of carbonyl (C=O) groups is 2. The minimum absolute atomic E-state index is 0.291. The minimum atomic E-state index is -0.993. The highest BCUT2D eigenvalue weighted by molar-refractivity contribution is 5.97. The summed E-state index contributed by atoms with van der Waals surface area (Å²) < 4.78 is 23.1. The zero-order valence-corrected chi connectivity index (χ0v) is 12.5. The molecule has 2 rings (SSSR count). The zero-order chi connectivity index (χ0) is 16.3. The minimum Gasteiger partial charge on any atom is -0.466 e. The van der Waals surface area contributed by atoms with E-state index in [0.29, 0.717) is 22.8 Å². The number of ether oxygens (including phenoxy) is 1. The van der Waals surface area contributed by atoms with Gasteiger partial charge in [0.1, 0.15) is 22.9 Å². The standard InChI is InChI=1S/C16H16FNO4/c1-9-8-14(10(2)21-9)16(20)22-11(3)15(19)18-13-6-4-12(17)5-7-13/h4-8,11H,1-3H3,(H,18,19). The fraction of sp³-hybridized carbons (Fsp3) is 0.250. The first-order valence-electron chi connectivity index (χ1n) is 6.71. The Balaban J connectivity index is 1.97. The molecule has 1 atom stereocenters. The lowest BCUT2D eigenvalue weighted by molar-refractivity contribution is -0.123. The van der Waals surface area contributed by atoms with Crippen LogP contribution < -0.4 is 5.32 Å². The Hall–Kier alpha value is -2.63. The second kappa shape index (κ2) is 6.43. The summed E-state index contributed by atoms with van der Waals surface area (Å²) in [4.78, 5) is 23.9. The van der Waals surface area contributed by atoms with E-state index in [1.165, 1.54) is 31.2 Å². The summed E-state index contributed by atoms with van der Waals surface area (Å²) in [5.74, 6) is -0.501. The molecular formula is C16H16FNO4. The lowest BCUT2D eigenvalue weighted by atomic mass is 10.2. The lowest BCUT2D eigenvalue weighted by Crippen LogP contribution is -2.30. The molecule has 5 nitrogen and oxygen atoms in total. The van der Waals surface area contributed by atoms with Gasteiger partial charge in [-0.2, -0.15) is 0 Å². The maximum absolute atomic E-state index is 12.8. The Morgan fingerprint density at radius 1 is 1.23 bits per heavy atom. The van der Waals surface area contributed by atoms with Crippen LogP contribution in [0.15, 0.2) is 34.7 Å². The topological polar surface area (TPSA) is 68.5 Å². The zero-order valence-electron chi connectivity index (χ0n) is 12.5. The predicted octanol–water partition coefficient (Wildman–Crippen LogP) is 3.22. The average Bonchev–Trinajstić information content (AvgIpc) is 2.80. The highest BCUT2D eigenvalue weighted by Gasteiger charge is 2.22. The third-order valence-electron chi connectivity index (χ3n) is 3.03. The number of benzene rings is 1. The highest BCUT2D eigenvalue weighted by Crippen LogP contribution is 2.16. The van der Waals surface area contributed by atoms with Gasteiger partial charge in [-0.15, -0.1) is 0 Å².